The summed E-state index contributed by atoms with van der Waals surface area (Å²) in [5, 5.41) is 18.2. The van der Waals surface area contributed by atoms with Gasteiger partial charge in [-0.25, -0.2) is 0 Å². The molecule has 4 N–H and O–H groups in total. The topological polar surface area (TPSA) is 94.2 Å². The van der Waals surface area contributed by atoms with Gasteiger partial charge in [0, 0.05) is 28.3 Å². The maximum Gasteiger partial charge on any atom is 0.175 e. The second kappa shape index (κ2) is 6.97. The van der Waals surface area contributed by atoms with Crippen LogP contribution in [0.5, 0.6) is 0 Å². The Hall–Kier alpha value is -2.62. The number of aromatic amines is 1. The fourth-order valence-corrected chi connectivity index (χ4v) is 6.65. The number of carbonyl (C=O) groups is 1. The summed E-state index contributed by atoms with van der Waals surface area (Å²) in [5.74, 6) is 0.930. The van der Waals surface area contributed by atoms with Crippen LogP contribution in [0.4, 0.5) is 5.82 Å². The summed E-state index contributed by atoms with van der Waals surface area (Å²) in [6.07, 6.45) is 8.34. The molecule has 3 atom stereocenters. The lowest BCUT2D eigenvalue weighted by atomic mass is 9.83. The van der Waals surface area contributed by atoms with Gasteiger partial charge in [0.1, 0.15) is 5.82 Å². The van der Waals surface area contributed by atoms with Gasteiger partial charge in [0.25, 0.3) is 0 Å². The number of carbonyl (C=O) groups excluding carboxylic acids is 1. The van der Waals surface area contributed by atoms with E-state index in [1.54, 1.807) is 23.1 Å². The molecular formula is C21H20N6OS2. The van der Waals surface area contributed by atoms with Crippen LogP contribution >= 0.6 is 23.1 Å². The van der Waals surface area contributed by atoms with E-state index in [2.05, 4.69) is 63.4 Å². The first-order valence-corrected chi connectivity index (χ1v) is 11.5. The number of aliphatic imine (C=N–C) groups is 1. The van der Waals surface area contributed by atoms with Gasteiger partial charge in [0.15, 0.2) is 11.0 Å². The smallest absolute Gasteiger partial charge is 0.175 e. The zero-order valence-corrected chi connectivity index (χ0v) is 17.9. The Bertz CT molecular complexity index is 1170. The number of hydrogen-bond donors (Lipinski definition) is 4. The molecule has 3 unspecified atom stereocenters. The monoisotopic (exact) mass is 436 g/mol. The van der Waals surface area contributed by atoms with Gasteiger partial charge in [-0.2, -0.15) is 5.10 Å². The number of fused-ring (bicyclic) bond motifs is 2. The minimum absolute atomic E-state index is 0.0847. The summed E-state index contributed by atoms with van der Waals surface area (Å²) < 4.78 is 1.16. The molecule has 152 valence electrons. The number of hydrogen-bond acceptors (Lipinski definition) is 8. The van der Waals surface area contributed by atoms with E-state index in [0.29, 0.717) is 13.1 Å². The molecule has 0 saturated carbocycles. The number of rotatable bonds is 2. The molecule has 0 saturated heterocycles. The lowest BCUT2D eigenvalue weighted by molar-refractivity contribution is -0.115. The van der Waals surface area contributed by atoms with E-state index < -0.39 is 0 Å². The molecule has 7 nitrogen and oxygen atoms in total. The van der Waals surface area contributed by atoms with Crippen molar-refractivity contribution in [2.45, 2.75) is 29.1 Å². The van der Waals surface area contributed by atoms with Crippen molar-refractivity contribution in [3.05, 3.63) is 63.8 Å². The van der Waals surface area contributed by atoms with Crippen LogP contribution in [-0.4, -0.2) is 46.3 Å². The minimum atomic E-state index is -0.0847. The van der Waals surface area contributed by atoms with Gasteiger partial charge in [-0.1, -0.05) is 23.8 Å². The van der Waals surface area contributed by atoms with Crippen molar-refractivity contribution in [2.75, 3.05) is 18.4 Å². The molecule has 0 aromatic carbocycles. The van der Waals surface area contributed by atoms with E-state index in [-0.39, 0.29) is 23.8 Å². The molecule has 0 amide bonds. The van der Waals surface area contributed by atoms with Gasteiger partial charge >= 0.3 is 0 Å². The number of allylic oxidation sites excluding steroid dienone is 2. The average molecular weight is 437 g/mol. The SMILES string of the molecule is CC1=CC2NC(Sc3ccc(C4C5=C(CNCC5=O)Nc5[nH]ncc54)s3)=NC2C=C1. The summed E-state index contributed by atoms with van der Waals surface area (Å²) in [5.41, 5.74) is 4.08. The minimum Gasteiger partial charge on any atom is -0.356 e. The summed E-state index contributed by atoms with van der Waals surface area (Å²) in [6, 6.07) is 4.68. The Balaban J connectivity index is 1.30. The molecule has 30 heavy (non-hydrogen) atoms. The number of thioether (sulfide) groups is 1. The number of amidine groups is 1. The fourth-order valence-electron chi connectivity index (χ4n) is 4.39. The third-order valence-electron chi connectivity index (χ3n) is 5.76. The predicted octanol–water partition coefficient (Wildman–Crippen LogP) is 2.76. The summed E-state index contributed by atoms with van der Waals surface area (Å²) in [4.78, 5) is 18.7. The largest absolute Gasteiger partial charge is 0.356 e. The molecule has 2 aromatic heterocycles. The van der Waals surface area contributed by atoms with E-state index in [9.17, 15) is 4.79 Å². The number of nitrogens with one attached hydrogen (secondary N) is 4. The molecule has 0 fully saturated rings. The van der Waals surface area contributed by atoms with Crippen molar-refractivity contribution in [1.29, 1.82) is 0 Å². The second-order valence-electron chi connectivity index (χ2n) is 7.80. The Morgan fingerprint density at radius 1 is 1.27 bits per heavy atom. The maximum atomic E-state index is 12.8. The van der Waals surface area contributed by atoms with Crippen LogP contribution in [0.25, 0.3) is 0 Å². The van der Waals surface area contributed by atoms with Crippen LogP contribution in [0, 0.1) is 0 Å². The van der Waals surface area contributed by atoms with Gasteiger partial charge in [-0.15, -0.1) is 11.3 Å². The quantitative estimate of drug-likeness (QED) is 0.578. The first-order chi connectivity index (χ1) is 14.7. The normalized spacial score (nSPS) is 27.0. The lowest BCUT2D eigenvalue weighted by Crippen LogP contribution is -2.39. The molecular weight excluding hydrogens is 416 g/mol. The van der Waals surface area contributed by atoms with Crippen LogP contribution in [-0.2, 0) is 4.79 Å². The summed E-state index contributed by atoms with van der Waals surface area (Å²) in [6.45, 7) is 3.15. The van der Waals surface area contributed by atoms with E-state index >= 15 is 0 Å². The molecule has 9 heteroatoms. The van der Waals surface area contributed by atoms with Crippen molar-refractivity contribution in [2.24, 2.45) is 4.99 Å². The highest BCUT2D eigenvalue weighted by atomic mass is 32.2. The predicted molar refractivity (Wildman–Crippen MR) is 120 cm³/mol. The Morgan fingerprint density at radius 2 is 2.20 bits per heavy atom. The summed E-state index contributed by atoms with van der Waals surface area (Å²) in [7, 11) is 0. The zero-order valence-electron chi connectivity index (χ0n) is 16.2. The molecule has 5 heterocycles. The van der Waals surface area contributed by atoms with Crippen molar-refractivity contribution in [1.82, 2.24) is 20.8 Å². The highest BCUT2D eigenvalue weighted by molar-refractivity contribution is 8.15. The Morgan fingerprint density at radius 3 is 3.13 bits per heavy atom. The molecule has 0 bridgehead atoms. The van der Waals surface area contributed by atoms with Gasteiger partial charge in [0.2, 0.25) is 0 Å². The van der Waals surface area contributed by atoms with Crippen LogP contribution in [0.15, 0.2) is 62.6 Å². The average Bonchev–Trinajstić information content (AvgIpc) is 3.45. The molecule has 3 aliphatic heterocycles. The van der Waals surface area contributed by atoms with Gasteiger partial charge in [0.05, 0.1) is 35.0 Å². The van der Waals surface area contributed by atoms with Crippen LogP contribution < -0.4 is 16.0 Å². The second-order valence-corrected chi connectivity index (χ2v) is 10.2. The van der Waals surface area contributed by atoms with E-state index in [1.165, 1.54) is 5.57 Å². The van der Waals surface area contributed by atoms with Gasteiger partial charge in [-0.3, -0.25) is 14.9 Å². The maximum absolute atomic E-state index is 12.8. The number of nitrogens with zero attached hydrogens (tertiary/aromatic N) is 2. The van der Waals surface area contributed by atoms with Crippen LogP contribution in [0.2, 0.25) is 0 Å². The molecule has 2 aromatic rings. The van der Waals surface area contributed by atoms with Crippen molar-refractivity contribution < 1.29 is 4.79 Å². The number of H-pyrrole nitrogens is 1. The summed E-state index contributed by atoms with van der Waals surface area (Å²) >= 11 is 3.38. The van der Waals surface area contributed by atoms with Gasteiger partial charge < -0.3 is 16.0 Å². The third kappa shape index (κ3) is 2.96. The van der Waals surface area contributed by atoms with Crippen molar-refractivity contribution in [3.63, 3.8) is 0 Å². The standard InChI is InChI=1S/C21H20N6OS2/c1-10-2-3-12-13(6-10)26-21(25-12)30-17-5-4-16(29-17)18-11-7-23-27-20(11)24-14-8-22-9-15(28)19(14)18/h2-7,12-13,18,22H,8-9H2,1H3,(H,25,26)(H2,23,24,27). The molecule has 1 aliphatic carbocycles. The third-order valence-corrected chi connectivity index (χ3v) is 7.96. The van der Waals surface area contributed by atoms with E-state index in [1.807, 2.05) is 6.20 Å². The number of anilines is 1. The first kappa shape index (κ1) is 18.2. The highest BCUT2D eigenvalue weighted by Gasteiger charge is 2.37. The number of ketones is 1. The molecule has 4 aliphatic rings. The molecule has 0 spiro atoms. The zero-order chi connectivity index (χ0) is 20.2. The van der Waals surface area contributed by atoms with Crippen molar-refractivity contribution in [3.8, 4) is 0 Å². The van der Waals surface area contributed by atoms with Crippen LogP contribution in [0.3, 0.4) is 0 Å². The Kier molecular flexibility index (Phi) is 4.22. The Labute approximate surface area is 181 Å². The van der Waals surface area contributed by atoms with Crippen molar-refractivity contribution >= 4 is 39.9 Å². The van der Waals surface area contributed by atoms with Crippen LogP contribution in [0.1, 0.15) is 23.3 Å². The van der Waals surface area contributed by atoms with E-state index in [0.717, 1.165) is 36.9 Å². The van der Waals surface area contributed by atoms with E-state index in [4.69, 9.17) is 4.99 Å². The number of aromatic nitrogens is 2. The fraction of sp³-hybridized carbons (Fsp3) is 0.286. The lowest BCUT2D eigenvalue weighted by Gasteiger charge is -2.31. The molecule has 6 rings (SSSR count). The number of Topliss-reactive ketones (excluding diaryl/α,β-unsaturated/α-hetero) is 1. The van der Waals surface area contributed by atoms with Gasteiger partial charge in [-0.05, 0) is 30.8 Å². The highest BCUT2D eigenvalue weighted by Crippen LogP contribution is 2.45. The molecule has 0 radical (unpaired) electrons. The number of thiophene rings is 1. The first-order valence-electron chi connectivity index (χ1n) is 9.91.